The van der Waals surface area contributed by atoms with Crippen LogP contribution in [0.1, 0.15) is 19.0 Å². The van der Waals surface area contributed by atoms with Crippen molar-refractivity contribution in [2.75, 3.05) is 43.9 Å². The third-order valence-corrected chi connectivity index (χ3v) is 4.18. The molecule has 1 saturated heterocycles. The molecule has 5 nitrogen and oxygen atoms in total. The lowest BCUT2D eigenvalue weighted by molar-refractivity contribution is -0.116. The molecular formula is C14H22N4OS. The number of piperazine rings is 1. The van der Waals surface area contributed by atoms with Gasteiger partial charge in [0.15, 0.2) is 5.16 Å². The Morgan fingerprint density at radius 3 is 2.65 bits per heavy atom. The van der Waals surface area contributed by atoms with Crippen LogP contribution in [0.25, 0.3) is 0 Å². The standard InChI is InChI=1S/C14H22N4OS/c1-11-10-13(18-7-5-17(3)6-8-18)16-14(15-11)20-9-4-12(2)19/h10H,4-9H2,1-3H3. The summed E-state index contributed by atoms with van der Waals surface area (Å²) in [6.07, 6.45) is 0.575. The minimum Gasteiger partial charge on any atom is -0.354 e. The highest BCUT2D eigenvalue weighted by Crippen LogP contribution is 2.20. The third-order valence-electron chi connectivity index (χ3n) is 3.33. The molecule has 20 heavy (non-hydrogen) atoms. The first-order valence-corrected chi connectivity index (χ1v) is 7.94. The maximum absolute atomic E-state index is 11.0. The van der Waals surface area contributed by atoms with Crippen LogP contribution >= 0.6 is 11.8 Å². The van der Waals surface area contributed by atoms with E-state index in [1.165, 1.54) is 0 Å². The summed E-state index contributed by atoms with van der Waals surface area (Å²) in [6.45, 7) is 7.75. The van der Waals surface area contributed by atoms with E-state index < -0.39 is 0 Å². The number of rotatable bonds is 5. The maximum atomic E-state index is 11.0. The molecule has 6 heteroatoms. The zero-order chi connectivity index (χ0) is 14.5. The molecule has 1 aromatic rings. The van der Waals surface area contributed by atoms with E-state index in [1.807, 2.05) is 13.0 Å². The Morgan fingerprint density at radius 1 is 1.30 bits per heavy atom. The van der Waals surface area contributed by atoms with Gasteiger partial charge >= 0.3 is 0 Å². The highest BCUT2D eigenvalue weighted by molar-refractivity contribution is 7.99. The zero-order valence-electron chi connectivity index (χ0n) is 12.4. The van der Waals surface area contributed by atoms with Gasteiger partial charge in [0.2, 0.25) is 0 Å². The average Bonchev–Trinajstić information content (AvgIpc) is 2.38. The van der Waals surface area contributed by atoms with Crippen molar-refractivity contribution in [3.8, 4) is 0 Å². The molecule has 1 aliphatic rings. The lowest BCUT2D eigenvalue weighted by Gasteiger charge is -2.33. The second kappa shape index (κ2) is 7.04. The molecule has 0 saturated carbocycles. The van der Waals surface area contributed by atoms with Gasteiger partial charge < -0.3 is 9.80 Å². The van der Waals surface area contributed by atoms with Gasteiger partial charge in [-0.05, 0) is 20.9 Å². The number of hydrogen-bond donors (Lipinski definition) is 0. The molecule has 1 aliphatic heterocycles. The van der Waals surface area contributed by atoms with Gasteiger partial charge in [0.25, 0.3) is 0 Å². The summed E-state index contributed by atoms with van der Waals surface area (Å²) in [5, 5.41) is 0.778. The minimum atomic E-state index is 0.212. The largest absolute Gasteiger partial charge is 0.354 e. The molecule has 0 bridgehead atoms. The fourth-order valence-corrected chi connectivity index (χ4v) is 3.01. The Labute approximate surface area is 124 Å². The van der Waals surface area contributed by atoms with Crippen LogP contribution < -0.4 is 4.90 Å². The van der Waals surface area contributed by atoms with Gasteiger partial charge in [0.05, 0.1) is 0 Å². The predicted molar refractivity (Wildman–Crippen MR) is 82.5 cm³/mol. The molecule has 0 radical (unpaired) electrons. The number of nitrogens with zero attached hydrogens (tertiary/aromatic N) is 4. The van der Waals surface area contributed by atoms with E-state index in [0.717, 1.165) is 48.6 Å². The van der Waals surface area contributed by atoms with Gasteiger partial charge in [-0.2, -0.15) is 0 Å². The number of anilines is 1. The van der Waals surface area contributed by atoms with Crippen molar-refractivity contribution in [1.82, 2.24) is 14.9 Å². The van der Waals surface area contributed by atoms with E-state index in [9.17, 15) is 4.79 Å². The molecule has 0 amide bonds. The highest BCUT2D eigenvalue weighted by atomic mass is 32.2. The van der Waals surface area contributed by atoms with Gasteiger partial charge in [-0.1, -0.05) is 11.8 Å². The predicted octanol–water partition coefficient (Wildman–Crippen LogP) is 1.61. The van der Waals surface area contributed by atoms with Gasteiger partial charge in [0.1, 0.15) is 11.6 Å². The smallest absolute Gasteiger partial charge is 0.189 e. The number of likely N-dealkylation sites (N-methyl/N-ethyl adjacent to an activating group) is 1. The van der Waals surface area contributed by atoms with Crippen LogP contribution in [0.5, 0.6) is 0 Å². The highest BCUT2D eigenvalue weighted by Gasteiger charge is 2.16. The van der Waals surface area contributed by atoms with Crippen molar-refractivity contribution in [2.24, 2.45) is 0 Å². The molecule has 2 heterocycles. The number of ketones is 1. The molecule has 0 unspecified atom stereocenters. The lowest BCUT2D eigenvalue weighted by Crippen LogP contribution is -2.44. The summed E-state index contributed by atoms with van der Waals surface area (Å²) in [5.41, 5.74) is 0.985. The summed E-state index contributed by atoms with van der Waals surface area (Å²) >= 11 is 1.56. The van der Waals surface area contributed by atoms with Crippen LogP contribution in [0, 0.1) is 6.92 Å². The quantitative estimate of drug-likeness (QED) is 0.607. The SMILES string of the molecule is CC(=O)CCSc1nc(C)cc(N2CCN(C)CC2)n1. The maximum Gasteiger partial charge on any atom is 0.189 e. The lowest BCUT2D eigenvalue weighted by atomic mass is 10.3. The van der Waals surface area contributed by atoms with Crippen LogP contribution in [0.3, 0.4) is 0 Å². The summed E-state index contributed by atoms with van der Waals surface area (Å²) in [6, 6.07) is 2.04. The normalized spacial score (nSPS) is 16.4. The Hall–Kier alpha value is -1.14. The van der Waals surface area contributed by atoms with Crippen LogP contribution in [0.4, 0.5) is 5.82 Å². The molecule has 0 spiro atoms. The Balaban J connectivity index is 2.02. The number of hydrogen-bond acceptors (Lipinski definition) is 6. The number of carbonyl (C=O) groups excluding carboxylic acids is 1. The number of Topliss-reactive ketones (excluding diaryl/α,β-unsaturated/α-hetero) is 1. The van der Waals surface area contributed by atoms with Crippen molar-refractivity contribution in [1.29, 1.82) is 0 Å². The third kappa shape index (κ3) is 4.45. The summed E-state index contributed by atoms with van der Waals surface area (Å²) in [7, 11) is 2.14. The molecular weight excluding hydrogens is 272 g/mol. The van der Waals surface area contributed by atoms with Crippen LogP contribution in [0.2, 0.25) is 0 Å². The molecule has 0 atom stereocenters. The topological polar surface area (TPSA) is 49.3 Å². The number of aromatic nitrogens is 2. The Kier molecular flexibility index (Phi) is 5.37. The molecule has 0 N–H and O–H groups in total. The Bertz CT molecular complexity index is 472. The minimum absolute atomic E-state index is 0.212. The molecule has 2 rings (SSSR count). The second-order valence-corrected chi connectivity index (χ2v) is 6.30. The first kappa shape index (κ1) is 15.3. The summed E-state index contributed by atoms with van der Waals surface area (Å²) < 4.78 is 0. The average molecular weight is 294 g/mol. The van der Waals surface area contributed by atoms with Crippen molar-refractivity contribution < 1.29 is 4.79 Å². The number of thioether (sulfide) groups is 1. The number of carbonyl (C=O) groups is 1. The van der Waals surface area contributed by atoms with Crippen molar-refractivity contribution in [3.63, 3.8) is 0 Å². The Morgan fingerprint density at radius 2 is 2.00 bits per heavy atom. The first-order chi connectivity index (χ1) is 9.54. The molecule has 110 valence electrons. The van der Waals surface area contributed by atoms with E-state index in [1.54, 1.807) is 18.7 Å². The van der Waals surface area contributed by atoms with Crippen LogP contribution in [0.15, 0.2) is 11.2 Å². The monoisotopic (exact) mass is 294 g/mol. The van der Waals surface area contributed by atoms with E-state index in [4.69, 9.17) is 0 Å². The second-order valence-electron chi connectivity index (χ2n) is 5.24. The van der Waals surface area contributed by atoms with E-state index in [0.29, 0.717) is 6.42 Å². The first-order valence-electron chi connectivity index (χ1n) is 6.96. The van der Waals surface area contributed by atoms with Gasteiger partial charge in [-0.3, -0.25) is 4.79 Å². The summed E-state index contributed by atoms with van der Waals surface area (Å²) in [5.74, 6) is 1.97. The fourth-order valence-electron chi connectivity index (χ4n) is 2.07. The van der Waals surface area contributed by atoms with Crippen molar-refractivity contribution in [2.45, 2.75) is 25.4 Å². The fraction of sp³-hybridized carbons (Fsp3) is 0.643. The van der Waals surface area contributed by atoms with Gasteiger partial charge in [-0.25, -0.2) is 9.97 Å². The molecule has 0 aromatic carbocycles. The van der Waals surface area contributed by atoms with Crippen LogP contribution in [-0.2, 0) is 4.79 Å². The molecule has 1 fully saturated rings. The van der Waals surface area contributed by atoms with Gasteiger partial charge in [-0.15, -0.1) is 0 Å². The van der Waals surface area contributed by atoms with Crippen molar-refractivity contribution in [3.05, 3.63) is 11.8 Å². The van der Waals surface area contributed by atoms with Crippen molar-refractivity contribution >= 4 is 23.4 Å². The summed E-state index contributed by atoms with van der Waals surface area (Å²) in [4.78, 5) is 24.7. The zero-order valence-corrected chi connectivity index (χ0v) is 13.2. The molecule has 0 aliphatic carbocycles. The van der Waals surface area contributed by atoms with E-state index >= 15 is 0 Å². The van der Waals surface area contributed by atoms with E-state index in [2.05, 4.69) is 26.8 Å². The number of aryl methyl sites for hydroxylation is 1. The van der Waals surface area contributed by atoms with Gasteiger partial charge in [0, 0.05) is 50.1 Å². The van der Waals surface area contributed by atoms with E-state index in [-0.39, 0.29) is 5.78 Å². The van der Waals surface area contributed by atoms with Crippen LogP contribution in [-0.4, -0.2) is 59.6 Å². The molecule has 1 aromatic heterocycles.